The summed E-state index contributed by atoms with van der Waals surface area (Å²) in [5, 5.41) is 0. The molecule has 0 aromatic heterocycles. The fourth-order valence-electron chi connectivity index (χ4n) is 2.76. The van der Waals surface area contributed by atoms with E-state index in [1.54, 1.807) is 7.11 Å². The van der Waals surface area contributed by atoms with Crippen molar-refractivity contribution in [2.75, 3.05) is 13.7 Å². The van der Waals surface area contributed by atoms with Gasteiger partial charge >= 0.3 is 5.97 Å². The highest BCUT2D eigenvalue weighted by atomic mass is 16.5. The van der Waals surface area contributed by atoms with Crippen LogP contribution in [0.2, 0.25) is 0 Å². The lowest BCUT2D eigenvalue weighted by Crippen LogP contribution is -2.17. The molecule has 3 heteroatoms. The summed E-state index contributed by atoms with van der Waals surface area (Å²) in [5.41, 5.74) is 2.51. The number of unbranched alkanes of at least 4 members (excludes halogenated alkanes) is 1. The number of rotatable bonds is 12. The zero-order valence-electron chi connectivity index (χ0n) is 18.0. The molecule has 0 aromatic rings. The molecule has 0 aliphatic heterocycles. The molecule has 0 atom stereocenters. The van der Waals surface area contributed by atoms with Crippen molar-refractivity contribution in [2.24, 2.45) is 5.41 Å². The molecule has 0 aliphatic carbocycles. The first kappa shape index (κ1) is 24.9. The first-order valence-corrected chi connectivity index (χ1v) is 9.51. The van der Waals surface area contributed by atoms with E-state index >= 15 is 0 Å². The summed E-state index contributed by atoms with van der Waals surface area (Å²) in [6, 6.07) is 0. The van der Waals surface area contributed by atoms with E-state index in [-0.39, 0.29) is 11.4 Å². The van der Waals surface area contributed by atoms with Gasteiger partial charge in [0.25, 0.3) is 0 Å². The van der Waals surface area contributed by atoms with Crippen LogP contribution in [0.25, 0.3) is 0 Å². The van der Waals surface area contributed by atoms with Crippen LogP contribution in [0.5, 0.6) is 0 Å². The van der Waals surface area contributed by atoms with Crippen molar-refractivity contribution in [3.8, 4) is 12.3 Å². The molecule has 0 amide bonds. The van der Waals surface area contributed by atoms with E-state index in [4.69, 9.17) is 15.9 Å². The Morgan fingerprint density at radius 1 is 1.30 bits per heavy atom. The van der Waals surface area contributed by atoms with E-state index in [2.05, 4.69) is 26.3 Å². The van der Waals surface area contributed by atoms with Crippen molar-refractivity contribution in [2.45, 2.75) is 66.7 Å². The van der Waals surface area contributed by atoms with Crippen LogP contribution in [0.1, 0.15) is 66.7 Å². The van der Waals surface area contributed by atoms with E-state index in [1.165, 1.54) is 0 Å². The minimum absolute atomic E-state index is 0.134. The number of carbonyl (C=O) groups is 1. The van der Waals surface area contributed by atoms with E-state index < -0.39 is 0 Å². The van der Waals surface area contributed by atoms with E-state index in [0.717, 1.165) is 29.6 Å². The molecule has 0 bridgehead atoms. The first-order valence-electron chi connectivity index (χ1n) is 9.51. The van der Waals surface area contributed by atoms with Crippen molar-refractivity contribution < 1.29 is 14.3 Å². The van der Waals surface area contributed by atoms with Crippen LogP contribution in [-0.4, -0.2) is 19.7 Å². The second-order valence-electron chi connectivity index (χ2n) is 7.49. The van der Waals surface area contributed by atoms with Crippen LogP contribution in [-0.2, 0) is 14.3 Å². The molecule has 0 saturated heterocycles. The second kappa shape index (κ2) is 13.2. The molecule has 27 heavy (non-hydrogen) atoms. The number of ether oxygens (including phenoxy) is 2. The van der Waals surface area contributed by atoms with Gasteiger partial charge in [0.15, 0.2) is 0 Å². The lowest BCUT2D eigenvalue weighted by Gasteiger charge is -2.27. The minimum atomic E-state index is -0.238. The Bertz CT molecular complexity index is 625. The average Bonchev–Trinajstić information content (AvgIpc) is 2.59. The van der Waals surface area contributed by atoms with Crippen molar-refractivity contribution >= 4 is 5.97 Å². The van der Waals surface area contributed by atoms with Crippen LogP contribution in [0.4, 0.5) is 0 Å². The van der Waals surface area contributed by atoms with Crippen molar-refractivity contribution in [3.05, 3.63) is 47.3 Å². The summed E-state index contributed by atoms with van der Waals surface area (Å²) in [6.45, 7) is 14.5. The predicted molar refractivity (Wildman–Crippen MR) is 114 cm³/mol. The Morgan fingerprint density at radius 3 is 2.44 bits per heavy atom. The number of esters is 1. The summed E-state index contributed by atoms with van der Waals surface area (Å²) in [7, 11) is 1.65. The molecule has 0 unspecified atom stereocenters. The molecule has 3 nitrogen and oxygen atoms in total. The molecule has 0 radical (unpaired) electrons. The Kier molecular flexibility index (Phi) is 12.2. The Balaban J connectivity index is 5.80. The van der Waals surface area contributed by atoms with E-state index in [9.17, 15) is 4.79 Å². The molecule has 0 spiro atoms. The zero-order chi connectivity index (χ0) is 20.9. The lowest BCUT2D eigenvalue weighted by atomic mass is 9.80. The van der Waals surface area contributed by atoms with Crippen molar-refractivity contribution in [3.63, 3.8) is 0 Å². The average molecular weight is 373 g/mol. The maximum atomic E-state index is 12.4. The fourth-order valence-corrected chi connectivity index (χ4v) is 2.76. The number of hydrogen-bond acceptors (Lipinski definition) is 3. The summed E-state index contributed by atoms with van der Waals surface area (Å²) < 4.78 is 11.1. The van der Waals surface area contributed by atoms with Gasteiger partial charge in [0.2, 0.25) is 0 Å². The Morgan fingerprint density at radius 2 is 1.96 bits per heavy atom. The van der Waals surface area contributed by atoms with Gasteiger partial charge < -0.3 is 9.47 Å². The van der Waals surface area contributed by atoms with Gasteiger partial charge in [0.1, 0.15) is 5.76 Å². The van der Waals surface area contributed by atoms with Crippen LogP contribution in [0.15, 0.2) is 47.3 Å². The van der Waals surface area contributed by atoms with Gasteiger partial charge in [0.05, 0.1) is 6.61 Å². The highest BCUT2D eigenvalue weighted by Crippen LogP contribution is 2.35. The molecule has 0 saturated carbocycles. The molecule has 0 N–H and O–H groups in total. The topological polar surface area (TPSA) is 35.5 Å². The molecule has 0 aromatic carbocycles. The van der Waals surface area contributed by atoms with E-state index in [0.29, 0.717) is 31.6 Å². The SMILES string of the molecule is C#CCC(C)(C)CC(/C(=C\C)COC)=C(\OC(=O)CCC/C=C\C)C(=C)C. The third-order valence-corrected chi connectivity index (χ3v) is 4.14. The normalized spacial score (nSPS) is 13.3. The first-order chi connectivity index (χ1) is 12.7. The highest BCUT2D eigenvalue weighted by Gasteiger charge is 2.25. The van der Waals surface area contributed by atoms with E-state index in [1.807, 2.05) is 39.0 Å². The molecular formula is C24H36O3. The van der Waals surface area contributed by atoms with Crippen molar-refractivity contribution in [1.29, 1.82) is 0 Å². The van der Waals surface area contributed by atoms with Gasteiger partial charge in [-0.15, -0.1) is 12.3 Å². The molecule has 150 valence electrons. The van der Waals surface area contributed by atoms with Crippen LogP contribution < -0.4 is 0 Å². The fraction of sp³-hybridized carbons (Fsp3) is 0.542. The number of hydrogen-bond donors (Lipinski definition) is 0. The maximum absolute atomic E-state index is 12.4. The minimum Gasteiger partial charge on any atom is -0.426 e. The summed E-state index contributed by atoms with van der Waals surface area (Å²) >= 11 is 0. The smallest absolute Gasteiger partial charge is 0.311 e. The van der Waals surface area contributed by atoms with Gasteiger partial charge in [-0.2, -0.15) is 0 Å². The monoisotopic (exact) mass is 372 g/mol. The number of allylic oxidation sites excluding steroid dienone is 4. The quantitative estimate of drug-likeness (QED) is 0.103. The highest BCUT2D eigenvalue weighted by molar-refractivity contribution is 5.71. The molecule has 0 heterocycles. The van der Waals surface area contributed by atoms with Gasteiger partial charge in [-0.25, -0.2) is 0 Å². The number of terminal acetylenes is 1. The molecule has 0 fully saturated rings. The zero-order valence-corrected chi connectivity index (χ0v) is 18.0. The predicted octanol–water partition coefficient (Wildman–Crippen LogP) is 6.14. The van der Waals surface area contributed by atoms with Gasteiger partial charge in [-0.3, -0.25) is 4.79 Å². The summed E-state index contributed by atoms with van der Waals surface area (Å²) in [6.07, 6.45) is 14.9. The summed E-state index contributed by atoms with van der Waals surface area (Å²) in [4.78, 5) is 12.4. The maximum Gasteiger partial charge on any atom is 0.311 e. The van der Waals surface area contributed by atoms with Crippen LogP contribution in [0, 0.1) is 17.8 Å². The number of methoxy groups -OCH3 is 1. The van der Waals surface area contributed by atoms with Gasteiger partial charge in [0, 0.05) is 25.5 Å². The Labute approximate surface area is 166 Å². The molecular weight excluding hydrogens is 336 g/mol. The molecule has 0 aliphatic rings. The largest absolute Gasteiger partial charge is 0.426 e. The molecule has 0 rings (SSSR count). The van der Waals surface area contributed by atoms with Gasteiger partial charge in [-0.1, -0.05) is 38.7 Å². The van der Waals surface area contributed by atoms with Crippen LogP contribution >= 0.6 is 0 Å². The number of carbonyl (C=O) groups excluding carboxylic acids is 1. The third-order valence-electron chi connectivity index (χ3n) is 4.14. The lowest BCUT2D eigenvalue weighted by molar-refractivity contribution is -0.139. The van der Waals surface area contributed by atoms with Crippen LogP contribution in [0.3, 0.4) is 0 Å². The van der Waals surface area contributed by atoms with Crippen molar-refractivity contribution in [1.82, 2.24) is 0 Å². The third kappa shape index (κ3) is 10.0. The second-order valence-corrected chi connectivity index (χ2v) is 7.49. The Hall–Kier alpha value is -2.05. The standard InChI is InChI=1S/C24H36O3/c1-9-12-13-14-15-22(25)27-23(19(4)5)21(20(11-3)18-26-8)17-24(6,7)16-10-2/h2,9,11-12H,4,13-18H2,1,3,5-8H3/b12-9-,20-11-,23-21+. The summed E-state index contributed by atoms with van der Waals surface area (Å²) in [5.74, 6) is 3.05. The van der Waals surface area contributed by atoms with Gasteiger partial charge in [-0.05, 0) is 56.6 Å².